The zero-order valence-corrected chi connectivity index (χ0v) is 21.2. The molecule has 2 aliphatic heterocycles. The molecule has 1 spiro atoms. The van der Waals surface area contributed by atoms with E-state index < -0.39 is 23.3 Å². The number of benzene rings is 1. The Morgan fingerprint density at radius 1 is 1.20 bits per heavy atom. The van der Waals surface area contributed by atoms with E-state index >= 15 is 0 Å². The first-order valence-electron chi connectivity index (χ1n) is 12.6. The van der Waals surface area contributed by atoms with Gasteiger partial charge in [0.1, 0.15) is 5.60 Å². The third-order valence-corrected chi connectivity index (χ3v) is 6.85. The second-order valence-corrected chi connectivity index (χ2v) is 10.1. The van der Waals surface area contributed by atoms with Crippen LogP contribution in [0.2, 0.25) is 0 Å². The van der Waals surface area contributed by atoms with Crippen LogP contribution >= 0.6 is 0 Å². The van der Waals surface area contributed by atoms with E-state index in [1.165, 1.54) is 6.07 Å². The highest BCUT2D eigenvalue weighted by Crippen LogP contribution is 2.42. The standard InChI is InChI=1S/C27H37F3N2O3/c1-5-13-32(22-9-6-8-21(17-22)27(28,29)30)14-7-10-23(33)24-20(4)25(34)35-26(24)11-15-31(16-12-26)18-19(2)3/h6,8-9,17,19H,5,7,10-16,18H2,1-4H3. The fourth-order valence-electron chi connectivity index (χ4n) is 5.25. The lowest BCUT2D eigenvalue weighted by Gasteiger charge is -2.40. The van der Waals surface area contributed by atoms with Gasteiger partial charge in [-0.05, 0) is 43.9 Å². The molecule has 1 aromatic rings. The molecule has 8 heteroatoms. The third-order valence-electron chi connectivity index (χ3n) is 6.85. The van der Waals surface area contributed by atoms with E-state index in [1.54, 1.807) is 13.0 Å². The number of likely N-dealkylation sites (tertiary alicyclic amines) is 1. The molecule has 0 amide bonds. The summed E-state index contributed by atoms with van der Waals surface area (Å²) in [6.07, 6.45) is -1.71. The summed E-state index contributed by atoms with van der Waals surface area (Å²) < 4.78 is 45.3. The van der Waals surface area contributed by atoms with Gasteiger partial charge in [0.25, 0.3) is 0 Å². The van der Waals surface area contributed by atoms with Crippen LogP contribution in [0, 0.1) is 5.92 Å². The van der Waals surface area contributed by atoms with Crippen LogP contribution in [0.3, 0.4) is 0 Å². The van der Waals surface area contributed by atoms with Crippen molar-refractivity contribution in [1.82, 2.24) is 4.90 Å². The van der Waals surface area contributed by atoms with Crippen LogP contribution in [-0.2, 0) is 20.5 Å². The van der Waals surface area contributed by atoms with Gasteiger partial charge in [0, 0.05) is 68.8 Å². The minimum absolute atomic E-state index is 0.0915. The van der Waals surface area contributed by atoms with E-state index in [9.17, 15) is 22.8 Å². The first-order valence-corrected chi connectivity index (χ1v) is 12.6. The maximum Gasteiger partial charge on any atom is 0.416 e. The van der Waals surface area contributed by atoms with Gasteiger partial charge in [0.2, 0.25) is 0 Å². The predicted octanol–water partition coefficient (Wildman–Crippen LogP) is 5.64. The number of Topliss-reactive ketones (excluding diaryl/α,β-unsaturated/α-hetero) is 1. The number of ether oxygens (including phenoxy) is 1. The molecule has 2 heterocycles. The lowest BCUT2D eigenvalue weighted by Crippen LogP contribution is -2.48. The molecule has 35 heavy (non-hydrogen) atoms. The molecule has 1 fully saturated rings. The van der Waals surface area contributed by atoms with Crippen LogP contribution in [0.1, 0.15) is 65.4 Å². The Labute approximate surface area is 206 Å². The van der Waals surface area contributed by atoms with Gasteiger partial charge in [-0.25, -0.2) is 4.79 Å². The van der Waals surface area contributed by atoms with Crippen molar-refractivity contribution in [1.29, 1.82) is 0 Å². The van der Waals surface area contributed by atoms with Gasteiger partial charge in [-0.1, -0.05) is 26.8 Å². The fraction of sp³-hybridized carbons (Fsp3) is 0.630. The lowest BCUT2D eigenvalue weighted by molar-refractivity contribution is -0.151. The molecule has 0 unspecified atom stereocenters. The minimum Gasteiger partial charge on any atom is -0.451 e. The van der Waals surface area contributed by atoms with Crippen molar-refractivity contribution in [2.24, 2.45) is 5.92 Å². The molecule has 0 bridgehead atoms. The largest absolute Gasteiger partial charge is 0.451 e. The molecule has 1 saturated heterocycles. The molecular formula is C27H37F3N2O3. The Balaban J connectivity index is 1.66. The molecule has 0 radical (unpaired) electrons. The Morgan fingerprint density at radius 3 is 2.49 bits per heavy atom. The monoisotopic (exact) mass is 494 g/mol. The van der Waals surface area contributed by atoms with Crippen LogP contribution in [0.15, 0.2) is 35.4 Å². The van der Waals surface area contributed by atoms with Crippen LogP contribution in [-0.4, -0.2) is 55.0 Å². The number of rotatable bonds is 10. The molecule has 0 N–H and O–H groups in total. The quantitative estimate of drug-likeness (QED) is 0.394. The van der Waals surface area contributed by atoms with Crippen molar-refractivity contribution in [3.63, 3.8) is 0 Å². The van der Waals surface area contributed by atoms with Gasteiger partial charge in [0.05, 0.1) is 5.56 Å². The van der Waals surface area contributed by atoms with Crippen molar-refractivity contribution in [3.8, 4) is 0 Å². The minimum atomic E-state index is -4.40. The number of carbonyl (C=O) groups excluding carboxylic acids is 2. The van der Waals surface area contributed by atoms with E-state index in [1.807, 2.05) is 11.8 Å². The molecule has 194 valence electrons. The number of alkyl halides is 3. The highest BCUT2D eigenvalue weighted by Gasteiger charge is 2.50. The Morgan fingerprint density at radius 2 is 1.89 bits per heavy atom. The molecule has 1 aromatic carbocycles. The highest BCUT2D eigenvalue weighted by atomic mass is 19.4. The zero-order chi connectivity index (χ0) is 25.8. The number of esters is 1. The number of carbonyl (C=O) groups is 2. The number of hydrogen-bond donors (Lipinski definition) is 0. The topological polar surface area (TPSA) is 49.9 Å². The second-order valence-electron chi connectivity index (χ2n) is 10.1. The summed E-state index contributed by atoms with van der Waals surface area (Å²) in [5.74, 6) is 0.0323. The highest BCUT2D eigenvalue weighted by molar-refractivity contribution is 6.08. The van der Waals surface area contributed by atoms with Gasteiger partial charge < -0.3 is 14.5 Å². The summed E-state index contributed by atoms with van der Waals surface area (Å²) in [7, 11) is 0. The van der Waals surface area contributed by atoms with Gasteiger partial charge >= 0.3 is 12.1 Å². The molecule has 3 rings (SSSR count). The van der Waals surface area contributed by atoms with E-state index in [2.05, 4.69) is 18.7 Å². The summed E-state index contributed by atoms with van der Waals surface area (Å²) >= 11 is 0. The van der Waals surface area contributed by atoms with Gasteiger partial charge in [-0.15, -0.1) is 0 Å². The average Bonchev–Trinajstić information content (AvgIpc) is 3.03. The van der Waals surface area contributed by atoms with E-state index in [-0.39, 0.29) is 12.2 Å². The number of nitrogens with zero attached hydrogens (tertiary/aromatic N) is 2. The van der Waals surface area contributed by atoms with Gasteiger partial charge in [-0.3, -0.25) is 4.79 Å². The molecule has 0 atom stereocenters. The lowest BCUT2D eigenvalue weighted by atomic mass is 9.80. The van der Waals surface area contributed by atoms with Gasteiger partial charge in [-0.2, -0.15) is 13.2 Å². The molecule has 0 saturated carbocycles. The molecule has 0 aliphatic carbocycles. The molecule has 5 nitrogen and oxygen atoms in total. The van der Waals surface area contributed by atoms with Crippen molar-refractivity contribution in [3.05, 3.63) is 41.0 Å². The number of halogens is 3. The zero-order valence-electron chi connectivity index (χ0n) is 21.2. The van der Waals surface area contributed by atoms with E-state index in [0.717, 1.165) is 38.2 Å². The van der Waals surface area contributed by atoms with Crippen molar-refractivity contribution in [2.45, 2.75) is 71.6 Å². The van der Waals surface area contributed by atoms with E-state index in [4.69, 9.17) is 4.74 Å². The average molecular weight is 495 g/mol. The summed E-state index contributed by atoms with van der Waals surface area (Å²) in [5.41, 5.74) is -0.114. The SMILES string of the molecule is CCCN(CCCC(=O)C1=C(C)C(=O)OC12CCN(CC(C)C)CC2)c1cccc(C(F)(F)F)c1. The number of piperidine rings is 1. The predicted molar refractivity (Wildman–Crippen MR) is 130 cm³/mol. The maximum absolute atomic E-state index is 13.3. The Kier molecular flexibility index (Phi) is 8.67. The van der Waals surface area contributed by atoms with E-state index in [0.29, 0.717) is 55.1 Å². The van der Waals surface area contributed by atoms with Crippen molar-refractivity contribution < 1.29 is 27.5 Å². The van der Waals surface area contributed by atoms with Crippen LogP contribution < -0.4 is 4.90 Å². The smallest absolute Gasteiger partial charge is 0.416 e. The third kappa shape index (κ3) is 6.46. The summed E-state index contributed by atoms with van der Waals surface area (Å²) in [5, 5.41) is 0. The molecular weight excluding hydrogens is 457 g/mol. The summed E-state index contributed by atoms with van der Waals surface area (Å²) in [4.78, 5) is 30.0. The van der Waals surface area contributed by atoms with Crippen LogP contribution in [0.5, 0.6) is 0 Å². The van der Waals surface area contributed by atoms with Crippen molar-refractivity contribution in [2.75, 3.05) is 37.6 Å². The molecule has 2 aliphatic rings. The van der Waals surface area contributed by atoms with Gasteiger partial charge in [0.15, 0.2) is 5.78 Å². The Hall–Kier alpha value is -2.35. The first kappa shape index (κ1) is 27.2. The Bertz CT molecular complexity index is 947. The van der Waals surface area contributed by atoms with Crippen LogP contribution in [0.25, 0.3) is 0 Å². The number of anilines is 1. The van der Waals surface area contributed by atoms with Crippen LogP contribution in [0.4, 0.5) is 18.9 Å². The first-order chi connectivity index (χ1) is 16.5. The summed E-state index contributed by atoms with van der Waals surface area (Å²) in [6, 6.07) is 5.31. The van der Waals surface area contributed by atoms with Crippen molar-refractivity contribution >= 4 is 17.4 Å². The number of ketones is 1. The molecule has 0 aromatic heterocycles. The maximum atomic E-state index is 13.3. The second kappa shape index (κ2) is 11.1. The number of hydrogen-bond acceptors (Lipinski definition) is 5. The normalized spacial score (nSPS) is 18.5. The fourth-order valence-corrected chi connectivity index (χ4v) is 5.25. The summed E-state index contributed by atoms with van der Waals surface area (Å²) in [6.45, 7) is 11.5.